The van der Waals surface area contributed by atoms with Gasteiger partial charge in [-0.25, -0.2) is 4.39 Å². The second-order valence-electron chi connectivity index (χ2n) is 4.99. The van der Waals surface area contributed by atoms with Crippen molar-refractivity contribution in [3.05, 3.63) is 41.2 Å². The van der Waals surface area contributed by atoms with Crippen molar-refractivity contribution < 1.29 is 9.60 Å². The summed E-state index contributed by atoms with van der Waals surface area (Å²) in [6.07, 6.45) is 6.35. The molecular formula is C16H20FNO. The highest BCUT2D eigenvalue weighted by Crippen LogP contribution is 2.34. The van der Waals surface area contributed by atoms with Crippen LogP contribution in [0.25, 0.3) is 5.57 Å². The van der Waals surface area contributed by atoms with Gasteiger partial charge in [0.15, 0.2) is 0 Å². The zero-order chi connectivity index (χ0) is 13.7. The first-order chi connectivity index (χ1) is 9.26. The number of hydrogen-bond donors (Lipinski definition) is 1. The van der Waals surface area contributed by atoms with Crippen LogP contribution in [0.4, 0.5) is 4.39 Å². The van der Waals surface area contributed by atoms with Crippen molar-refractivity contribution in [2.45, 2.75) is 45.4 Å². The monoisotopic (exact) mass is 261 g/mol. The number of halogens is 1. The minimum absolute atomic E-state index is 0.239. The standard InChI is InChI=1S/C16H20FNO/c1-2-3-4-5-12-8-11-15(18-19)16(12)13-6-9-14(17)10-7-13/h6-7,9-10,19H,2-5,8,11H2,1H3/b18-15-. The molecular weight excluding hydrogens is 241 g/mol. The molecule has 0 saturated heterocycles. The quantitative estimate of drug-likeness (QED) is 0.461. The lowest BCUT2D eigenvalue weighted by atomic mass is 9.97. The molecule has 0 saturated carbocycles. The molecule has 0 unspecified atom stereocenters. The minimum atomic E-state index is -0.239. The zero-order valence-corrected chi connectivity index (χ0v) is 11.3. The Morgan fingerprint density at radius 2 is 1.89 bits per heavy atom. The van der Waals surface area contributed by atoms with Crippen LogP contribution < -0.4 is 0 Å². The third-order valence-electron chi connectivity index (χ3n) is 3.64. The van der Waals surface area contributed by atoms with E-state index < -0.39 is 0 Å². The number of oxime groups is 1. The first-order valence-electron chi connectivity index (χ1n) is 6.95. The van der Waals surface area contributed by atoms with Gasteiger partial charge < -0.3 is 5.21 Å². The summed E-state index contributed by atoms with van der Waals surface area (Å²) in [7, 11) is 0. The van der Waals surface area contributed by atoms with E-state index >= 15 is 0 Å². The first kappa shape index (κ1) is 13.8. The van der Waals surface area contributed by atoms with Gasteiger partial charge in [-0.1, -0.05) is 42.6 Å². The highest BCUT2D eigenvalue weighted by Gasteiger charge is 2.22. The van der Waals surface area contributed by atoms with Crippen LogP contribution >= 0.6 is 0 Å². The average Bonchev–Trinajstić information content (AvgIpc) is 2.83. The molecule has 1 aromatic carbocycles. The minimum Gasteiger partial charge on any atom is -0.411 e. The van der Waals surface area contributed by atoms with Crippen LogP contribution in [-0.4, -0.2) is 10.9 Å². The van der Waals surface area contributed by atoms with Gasteiger partial charge in [-0.15, -0.1) is 0 Å². The Hall–Kier alpha value is -1.64. The summed E-state index contributed by atoms with van der Waals surface area (Å²) < 4.78 is 13.0. The lowest BCUT2D eigenvalue weighted by molar-refractivity contribution is 0.319. The largest absolute Gasteiger partial charge is 0.411 e. The SMILES string of the molecule is CCCCCC1=C(c2ccc(F)cc2)/C(=N\O)CC1. The lowest BCUT2D eigenvalue weighted by Crippen LogP contribution is -1.97. The maximum absolute atomic E-state index is 13.0. The lowest BCUT2D eigenvalue weighted by Gasteiger charge is -2.08. The summed E-state index contributed by atoms with van der Waals surface area (Å²) in [5.74, 6) is -0.239. The Morgan fingerprint density at radius 3 is 2.53 bits per heavy atom. The maximum atomic E-state index is 13.0. The molecule has 102 valence electrons. The smallest absolute Gasteiger partial charge is 0.123 e. The number of hydrogen-bond acceptors (Lipinski definition) is 2. The Morgan fingerprint density at radius 1 is 1.16 bits per heavy atom. The van der Waals surface area contributed by atoms with Gasteiger partial charge in [0.2, 0.25) is 0 Å². The molecule has 0 spiro atoms. The number of unbranched alkanes of at least 4 members (excludes halogenated alkanes) is 2. The molecule has 3 heteroatoms. The normalized spacial score (nSPS) is 17.5. The van der Waals surface area contributed by atoms with Crippen LogP contribution in [0, 0.1) is 5.82 Å². The average molecular weight is 261 g/mol. The second-order valence-corrected chi connectivity index (χ2v) is 4.99. The fourth-order valence-corrected chi connectivity index (χ4v) is 2.65. The van der Waals surface area contributed by atoms with Gasteiger partial charge in [-0.2, -0.15) is 0 Å². The highest BCUT2D eigenvalue weighted by atomic mass is 19.1. The molecule has 2 nitrogen and oxygen atoms in total. The molecule has 0 bridgehead atoms. The Kier molecular flexibility index (Phi) is 4.72. The van der Waals surface area contributed by atoms with E-state index in [0.717, 1.165) is 42.5 Å². The van der Waals surface area contributed by atoms with Crippen molar-refractivity contribution in [3.8, 4) is 0 Å². The highest BCUT2D eigenvalue weighted by molar-refractivity contribution is 6.26. The van der Waals surface area contributed by atoms with Crippen molar-refractivity contribution in [2.75, 3.05) is 0 Å². The molecule has 0 heterocycles. The van der Waals surface area contributed by atoms with Crippen molar-refractivity contribution in [1.29, 1.82) is 0 Å². The Balaban J connectivity index is 2.28. The molecule has 0 atom stereocenters. The van der Waals surface area contributed by atoms with Gasteiger partial charge in [0.1, 0.15) is 5.82 Å². The topological polar surface area (TPSA) is 32.6 Å². The predicted molar refractivity (Wildman–Crippen MR) is 75.9 cm³/mol. The number of benzene rings is 1. The summed E-state index contributed by atoms with van der Waals surface area (Å²) in [5.41, 5.74) is 4.06. The van der Waals surface area contributed by atoms with Gasteiger partial charge in [-0.05, 0) is 43.4 Å². The predicted octanol–water partition coefficient (Wildman–Crippen LogP) is 4.78. The molecule has 1 aliphatic rings. The Labute approximate surface area is 113 Å². The van der Waals surface area contributed by atoms with Crippen LogP contribution in [0.15, 0.2) is 35.0 Å². The summed E-state index contributed by atoms with van der Waals surface area (Å²) in [4.78, 5) is 0. The van der Waals surface area contributed by atoms with Crippen molar-refractivity contribution in [2.24, 2.45) is 5.16 Å². The second kappa shape index (κ2) is 6.50. The fourth-order valence-electron chi connectivity index (χ4n) is 2.65. The first-order valence-corrected chi connectivity index (χ1v) is 6.95. The van der Waals surface area contributed by atoms with Gasteiger partial charge in [-0.3, -0.25) is 0 Å². The number of allylic oxidation sites excluding steroid dienone is 2. The molecule has 2 rings (SSSR count). The third kappa shape index (κ3) is 3.22. The fraction of sp³-hybridized carbons (Fsp3) is 0.438. The van der Waals surface area contributed by atoms with E-state index in [1.165, 1.54) is 30.5 Å². The maximum Gasteiger partial charge on any atom is 0.123 e. The molecule has 19 heavy (non-hydrogen) atoms. The van der Waals surface area contributed by atoms with E-state index in [1.54, 1.807) is 12.1 Å². The summed E-state index contributed by atoms with van der Waals surface area (Å²) >= 11 is 0. The van der Waals surface area contributed by atoms with E-state index in [9.17, 15) is 4.39 Å². The molecule has 1 N–H and O–H groups in total. The summed E-state index contributed by atoms with van der Waals surface area (Å²) in [6.45, 7) is 2.19. The third-order valence-corrected chi connectivity index (χ3v) is 3.64. The molecule has 1 aromatic rings. The van der Waals surface area contributed by atoms with E-state index in [4.69, 9.17) is 5.21 Å². The summed E-state index contributed by atoms with van der Waals surface area (Å²) in [5, 5.41) is 12.5. The van der Waals surface area contributed by atoms with E-state index in [2.05, 4.69) is 12.1 Å². The summed E-state index contributed by atoms with van der Waals surface area (Å²) in [6, 6.07) is 6.45. The molecule has 0 aliphatic heterocycles. The van der Waals surface area contributed by atoms with Crippen LogP contribution in [-0.2, 0) is 0 Å². The van der Waals surface area contributed by atoms with Crippen LogP contribution in [0.1, 0.15) is 51.0 Å². The van der Waals surface area contributed by atoms with Gasteiger partial charge in [0.25, 0.3) is 0 Å². The van der Waals surface area contributed by atoms with Gasteiger partial charge >= 0.3 is 0 Å². The van der Waals surface area contributed by atoms with Gasteiger partial charge in [0, 0.05) is 5.57 Å². The Bertz CT molecular complexity index is 488. The zero-order valence-electron chi connectivity index (χ0n) is 11.3. The van der Waals surface area contributed by atoms with Crippen molar-refractivity contribution in [1.82, 2.24) is 0 Å². The van der Waals surface area contributed by atoms with Crippen molar-refractivity contribution >= 4 is 11.3 Å². The molecule has 0 fully saturated rings. The molecule has 0 amide bonds. The van der Waals surface area contributed by atoms with E-state index in [-0.39, 0.29) is 5.82 Å². The van der Waals surface area contributed by atoms with Gasteiger partial charge in [0.05, 0.1) is 5.71 Å². The van der Waals surface area contributed by atoms with Crippen LogP contribution in [0.2, 0.25) is 0 Å². The van der Waals surface area contributed by atoms with Crippen LogP contribution in [0.3, 0.4) is 0 Å². The molecule has 0 aromatic heterocycles. The molecule has 1 aliphatic carbocycles. The van der Waals surface area contributed by atoms with Crippen molar-refractivity contribution in [3.63, 3.8) is 0 Å². The molecule has 0 radical (unpaired) electrons. The van der Waals surface area contributed by atoms with E-state index in [1.807, 2.05) is 0 Å². The van der Waals surface area contributed by atoms with E-state index in [0.29, 0.717) is 0 Å². The number of nitrogens with zero attached hydrogens (tertiary/aromatic N) is 1. The van der Waals surface area contributed by atoms with Crippen LogP contribution in [0.5, 0.6) is 0 Å². The number of rotatable bonds is 5.